The molecule has 0 radical (unpaired) electrons. The molecule has 0 aromatic heterocycles. The zero-order chi connectivity index (χ0) is 8.39. The lowest BCUT2D eigenvalue weighted by atomic mass is 10.0. The van der Waals surface area contributed by atoms with Gasteiger partial charge < -0.3 is 10.6 Å². The molecule has 0 aliphatic carbocycles. The maximum Gasteiger partial charge on any atom is 0.150 e. The molecule has 1 unspecified atom stereocenters. The highest BCUT2D eigenvalue weighted by atomic mass is 16.6. The molecule has 0 fully saturated rings. The van der Waals surface area contributed by atoms with Crippen LogP contribution in [0.15, 0.2) is 24.3 Å². The number of fused-ring (bicyclic) bond motifs is 1. The summed E-state index contributed by atoms with van der Waals surface area (Å²) in [7, 11) is 0. The topological polar surface area (TPSA) is 47.3 Å². The Hall–Kier alpha value is -1.06. The highest BCUT2D eigenvalue weighted by Gasteiger charge is 2.16. The summed E-state index contributed by atoms with van der Waals surface area (Å²) in [6.07, 6.45) is 0.951. The molecular weight excluding hydrogens is 152 g/mol. The molecule has 2 rings (SSSR count). The smallest absolute Gasteiger partial charge is 0.150 e. The lowest BCUT2D eigenvalue weighted by Gasteiger charge is -2.24. The standard InChI is InChI=1S/C9H12N2O/c10-6-8-5-7-3-1-2-4-9(7)12-11-8/h1-4,8,11H,5-6,10H2. The number of benzene rings is 1. The van der Waals surface area contributed by atoms with Gasteiger partial charge in [-0.25, -0.2) is 0 Å². The molecule has 0 spiro atoms. The van der Waals surface area contributed by atoms with Crippen LogP contribution in [0.1, 0.15) is 5.56 Å². The van der Waals surface area contributed by atoms with Crippen molar-refractivity contribution in [2.75, 3.05) is 6.54 Å². The number of hydroxylamine groups is 1. The van der Waals surface area contributed by atoms with Crippen molar-refractivity contribution in [2.45, 2.75) is 12.5 Å². The molecule has 3 nitrogen and oxygen atoms in total. The van der Waals surface area contributed by atoms with Crippen molar-refractivity contribution in [2.24, 2.45) is 5.73 Å². The van der Waals surface area contributed by atoms with Gasteiger partial charge in [-0.2, -0.15) is 5.48 Å². The number of hydrogen-bond acceptors (Lipinski definition) is 3. The third-order valence-corrected chi connectivity index (χ3v) is 2.06. The number of rotatable bonds is 1. The van der Waals surface area contributed by atoms with E-state index in [4.69, 9.17) is 10.6 Å². The molecule has 0 saturated carbocycles. The van der Waals surface area contributed by atoms with Crippen LogP contribution in [0.2, 0.25) is 0 Å². The summed E-state index contributed by atoms with van der Waals surface area (Å²) in [4.78, 5) is 5.30. The predicted octanol–water partition coefficient (Wildman–Crippen LogP) is 0.453. The summed E-state index contributed by atoms with van der Waals surface area (Å²) >= 11 is 0. The second kappa shape index (κ2) is 3.13. The molecule has 1 atom stereocenters. The Kier molecular flexibility index (Phi) is 1.98. The molecule has 3 N–H and O–H groups in total. The summed E-state index contributed by atoms with van der Waals surface area (Å²) < 4.78 is 0. The van der Waals surface area contributed by atoms with E-state index < -0.39 is 0 Å². The molecule has 0 bridgehead atoms. The molecule has 0 amide bonds. The Morgan fingerprint density at radius 1 is 1.50 bits per heavy atom. The number of hydrogen-bond donors (Lipinski definition) is 2. The molecule has 1 aromatic rings. The van der Waals surface area contributed by atoms with E-state index >= 15 is 0 Å². The van der Waals surface area contributed by atoms with E-state index in [0.29, 0.717) is 6.54 Å². The van der Waals surface area contributed by atoms with Crippen LogP contribution in [0.4, 0.5) is 0 Å². The molecule has 0 saturated heterocycles. The predicted molar refractivity (Wildman–Crippen MR) is 46.8 cm³/mol. The van der Waals surface area contributed by atoms with E-state index in [1.54, 1.807) is 0 Å². The van der Waals surface area contributed by atoms with Gasteiger partial charge in [-0.1, -0.05) is 18.2 Å². The van der Waals surface area contributed by atoms with Crippen molar-refractivity contribution in [3.8, 4) is 5.75 Å². The Morgan fingerprint density at radius 2 is 2.33 bits per heavy atom. The minimum atomic E-state index is 0.250. The van der Waals surface area contributed by atoms with Gasteiger partial charge >= 0.3 is 0 Å². The molecule has 12 heavy (non-hydrogen) atoms. The highest BCUT2D eigenvalue weighted by molar-refractivity contribution is 5.34. The van der Waals surface area contributed by atoms with Crippen molar-refractivity contribution in [1.82, 2.24) is 5.48 Å². The molecular formula is C9H12N2O. The number of para-hydroxylation sites is 1. The van der Waals surface area contributed by atoms with Gasteiger partial charge in [-0.15, -0.1) is 0 Å². The average molecular weight is 164 g/mol. The van der Waals surface area contributed by atoms with Crippen LogP contribution in [0.3, 0.4) is 0 Å². The maximum absolute atomic E-state index is 5.52. The zero-order valence-electron chi connectivity index (χ0n) is 6.79. The minimum Gasteiger partial charge on any atom is -0.408 e. The quantitative estimate of drug-likeness (QED) is 0.633. The van der Waals surface area contributed by atoms with Gasteiger partial charge in [0.05, 0.1) is 6.04 Å². The minimum absolute atomic E-state index is 0.250. The van der Waals surface area contributed by atoms with Crippen LogP contribution < -0.4 is 16.1 Å². The Balaban J connectivity index is 2.23. The Bertz CT molecular complexity index is 275. The molecule has 1 heterocycles. The van der Waals surface area contributed by atoms with Gasteiger partial charge in [0, 0.05) is 6.54 Å². The van der Waals surface area contributed by atoms with Crippen LogP contribution in [0.5, 0.6) is 5.75 Å². The van der Waals surface area contributed by atoms with E-state index in [1.165, 1.54) is 5.56 Å². The van der Waals surface area contributed by atoms with Gasteiger partial charge in [0.1, 0.15) is 5.75 Å². The zero-order valence-corrected chi connectivity index (χ0v) is 6.79. The first-order chi connectivity index (χ1) is 5.90. The Morgan fingerprint density at radius 3 is 3.17 bits per heavy atom. The van der Waals surface area contributed by atoms with Gasteiger partial charge in [0.15, 0.2) is 0 Å². The van der Waals surface area contributed by atoms with Crippen molar-refractivity contribution in [3.05, 3.63) is 29.8 Å². The SMILES string of the molecule is NCC1Cc2ccccc2ON1. The summed E-state index contributed by atoms with van der Waals surface area (Å²) in [5.41, 5.74) is 9.65. The fourth-order valence-corrected chi connectivity index (χ4v) is 1.36. The first kappa shape index (κ1) is 7.58. The van der Waals surface area contributed by atoms with E-state index in [2.05, 4.69) is 11.5 Å². The summed E-state index contributed by atoms with van der Waals surface area (Å²) in [5.74, 6) is 0.919. The van der Waals surface area contributed by atoms with Crippen molar-refractivity contribution >= 4 is 0 Å². The second-order valence-electron chi connectivity index (χ2n) is 2.96. The molecule has 1 aromatic carbocycles. The van der Waals surface area contributed by atoms with E-state index in [9.17, 15) is 0 Å². The summed E-state index contributed by atoms with van der Waals surface area (Å²) in [5, 5.41) is 0. The molecule has 1 aliphatic rings. The third kappa shape index (κ3) is 1.29. The second-order valence-corrected chi connectivity index (χ2v) is 2.96. The fourth-order valence-electron chi connectivity index (χ4n) is 1.36. The van der Waals surface area contributed by atoms with Crippen molar-refractivity contribution in [1.29, 1.82) is 0 Å². The molecule has 3 heteroatoms. The maximum atomic E-state index is 5.52. The number of nitrogens with two attached hydrogens (primary N) is 1. The van der Waals surface area contributed by atoms with Gasteiger partial charge in [0.25, 0.3) is 0 Å². The largest absolute Gasteiger partial charge is 0.408 e. The van der Waals surface area contributed by atoms with E-state index in [1.807, 2.05) is 18.2 Å². The van der Waals surface area contributed by atoms with E-state index in [-0.39, 0.29) is 6.04 Å². The highest BCUT2D eigenvalue weighted by Crippen LogP contribution is 2.21. The first-order valence-corrected chi connectivity index (χ1v) is 4.10. The van der Waals surface area contributed by atoms with Gasteiger partial charge in [-0.3, -0.25) is 0 Å². The van der Waals surface area contributed by atoms with Crippen LogP contribution in [-0.4, -0.2) is 12.6 Å². The van der Waals surface area contributed by atoms with Crippen LogP contribution in [-0.2, 0) is 6.42 Å². The monoisotopic (exact) mass is 164 g/mol. The van der Waals surface area contributed by atoms with E-state index in [0.717, 1.165) is 12.2 Å². The lowest BCUT2D eigenvalue weighted by Crippen LogP contribution is -2.43. The first-order valence-electron chi connectivity index (χ1n) is 4.10. The lowest BCUT2D eigenvalue weighted by molar-refractivity contribution is 0.137. The van der Waals surface area contributed by atoms with Gasteiger partial charge in [-0.05, 0) is 18.1 Å². The molecule has 64 valence electrons. The number of nitrogens with one attached hydrogen (secondary N) is 1. The Labute approximate surface area is 71.5 Å². The fraction of sp³-hybridized carbons (Fsp3) is 0.333. The average Bonchev–Trinajstić information content (AvgIpc) is 2.17. The van der Waals surface area contributed by atoms with Crippen molar-refractivity contribution in [3.63, 3.8) is 0 Å². The van der Waals surface area contributed by atoms with Crippen LogP contribution >= 0.6 is 0 Å². The molecule has 1 aliphatic heterocycles. The normalized spacial score (nSPS) is 21.2. The van der Waals surface area contributed by atoms with Crippen LogP contribution in [0.25, 0.3) is 0 Å². The third-order valence-electron chi connectivity index (χ3n) is 2.06. The van der Waals surface area contributed by atoms with Crippen LogP contribution in [0, 0.1) is 0 Å². The van der Waals surface area contributed by atoms with Crippen molar-refractivity contribution < 1.29 is 4.84 Å². The van der Waals surface area contributed by atoms with Gasteiger partial charge in [0.2, 0.25) is 0 Å². The summed E-state index contributed by atoms with van der Waals surface area (Å²) in [6.45, 7) is 0.605. The summed E-state index contributed by atoms with van der Waals surface area (Å²) in [6, 6.07) is 8.25.